The monoisotopic (exact) mass is 1240 g/mol. The molecule has 0 saturated carbocycles. The van der Waals surface area contributed by atoms with Gasteiger partial charge in [-0.1, -0.05) is 204 Å². The van der Waals surface area contributed by atoms with E-state index >= 15 is 0 Å². The standard InChI is InChI=1S/C78H94O13/c1-6-9-12-15-18-21-24-27-50-85-66-40-30-58(31-41-66)60-34-44-68(45-35-60)88-75(79)62-38-48-71(73(56-62)83-4)90-77(81)64-53-65(55-70(54-64)87-52-29-26-23-20-17-14-11-8-3)78(82)91-72-49-39-63(57-74(72)84-5)76(80)89-69-46-36-61(37-47-69)59-32-42-67(43-33-59)86-51-28-25-22-19-16-13-10-7-2/h30-49,53-57H,6-29,50-52H2,1-5H3. The molecule has 0 unspecified atom stereocenters. The topological polar surface area (TPSA) is 151 Å². The molecule has 0 N–H and O–H groups in total. The van der Waals surface area contributed by atoms with E-state index in [0.717, 1.165) is 72.3 Å². The van der Waals surface area contributed by atoms with E-state index in [2.05, 4.69) is 20.8 Å². The maximum atomic E-state index is 14.1. The van der Waals surface area contributed by atoms with Crippen molar-refractivity contribution in [3.8, 4) is 74.0 Å². The lowest BCUT2D eigenvalue weighted by Gasteiger charge is -2.14. The minimum atomic E-state index is -0.833. The zero-order valence-electron chi connectivity index (χ0n) is 54.3. The van der Waals surface area contributed by atoms with Gasteiger partial charge in [0.2, 0.25) is 0 Å². The van der Waals surface area contributed by atoms with Gasteiger partial charge in [0.15, 0.2) is 23.0 Å². The normalized spacial score (nSPS) is 11.0. The van der Waals surface area contributed by atoms with Gasteiger partial charge in [-0.25, -0.2) is 19.2 Å². The average Bonchev–Trinajstić information content (AvgIpc) is 1.15. The third-order valence-electron chi connectivity index (χ3n) is 15.9. The largest absolute Gasteiger partial charge is 0.494 e. The van der Waals surface area contributed by atoms with Crippen molar-refractivity contribution in [3.05, 3.63) is 174 Å². The predicted molar refractivity (Wildman–Crippen MR) is 360 cm³/mol. The average molecular weight is 1240 g/mol. The zero-order chi connectivity index (χ0) is 64.3. The summed E-state index contributed by atoms with van der Waals surface area (Å²) in [5, 5.41) is 0. The van der Waals surface area contributed by atoms with Crippen molar-refractivity contribution in [1.82, 2.24) is 0 Å². The van der Waals surface area contributed by atoms with Gasteiger partial charge in [-0.2, -0.15) is 0 Å². The van der Waals surface area contributed by atoms with Crippen LogP contribution in [0.1, 0.15) is 216 Å². The fourth-order valence-electron chi connectivity index (χ4n) is 10.5. The smallest absolute Gasteiger partial charge is 0.343 e. The van der Waals surface area contributed by atoms with Crippen LogP contribution < -0.4 is 42.6 Å². The molecule has 0 aliphatic heterocycles. The lowest BCUT2D eigenvalue weighted by molar-refractivity contribution is 0.0720. The molecule has 0 atom stereocenters. The Morgan fingerprint density at radius 1 is 0.253 bits per heavy atom. The first-order valence-electron chi connectivity index (χ1n) is 33.3. The fourth-order valence-corrected chi connectivity index (χ4v) is 10.5. The summed E-state index contributed by atoms with van der Waals surface area (Å²) in [6.45, 7) is 8.43. The van der Waals surface area contributed by atoms with Gasteiger partial charge in [-0.15, -0.1) is 0 Å². The molecule has 7 rings (SSSR count). The van der Waals surface area contributed by atoms with E-state index < -0.39 is 23.9 Å². The number of methoxy groups -OCH3 is 2. The van der Waals surface area contributed by atoms with Crippen LogP contribution in [0.25, 0.3) is 22.3 Å². The SMILES string of the molecule is CCCCCCCCCCOc1ccc(-c2ccc(OC(=O)c3ccc(OC(=O)c4cc(OCCCCCCCCCC)cc(C(=O)Oc5ccc(C(=O)Oc6ccc(-c7ccc(OCCCCCCCCCC)cc7)cc6)cc5OC)c4)c(OC)c3)cc2)cc1. The van der Waals surface area contributed by atoms with Crippen LogP contribution in [0.2, 0.25) is 0 Å². The summed E-state index contributed by atoms with van der Waals surface area (Å²) in [4.78, 5) is 55.0. The first-order valence-corrected chi connectivity index (χ1v) is 33.3. The van der Waals surface area contributed by atoms with Crippen LogP contribution in [0.4, 0.5) is 0 Å². The molecule has 0 fully saturated rings. The molecule has 0 radical (unpaired) electrons. The molecule has 0 saturated heterocycles. The second kappa shape index (κ2) is 39.5. The van der Waals surface area contributed by atoms with Crippen molar-refractivity contribution >= 4 is 23.9 Å². The van der Waals surface area contributed by atoms with E-state index in [4.69, 9.17) is 42.6 Å². The summed E-state index contributed by atoms with van der Waals surface area (Å²) in [7, 11) is 2.78. The van der Waals surface area contributed by atoms with Gasteiger partial charge in [-0.3, -0.25) is 0 Å². The molecule has 0 aromatic heterocycles. The highest BCUT2D eigenvalue weighted by molar-refractivity contribution is 5.98. The Balaban J connectivity index is 0.942. The third-order valence-corrected chi connectivity index (χ3v) is 15.9. The summed E-state index contributed by atoms with van der Waals surface area (Å²) in [6.07, 6.45) is 28.8. The zero-order valence-corrected chi connectivity index (χ0v) is 54.3. The maximum absolute atomic E-state index is 14.1. The maximum Gasteiger partial charge on any atom is 0.343 e. The van der Waals surface area contributed by atoms with E-state index in [1.807, 2.05) is 72.8 Å². The van der Waals surface area contributed by atoms with E-state index in [0.29, 0.717) is 31.3 Å². The molecule has 13 nitrogen and oxygen atoms in total. The quantitative estimate of drug-likeness (QED) is 0.0203. The Hall–Kier alpha value is -8.58. The van der Waals surface area contributed by atoms with Gasteiger partial charge in [0.05, 0.1) is 56.3 Å². The molecule has 0 amide bonds. The third kappa shape index (κ3) is 24.0. The molecule has 13 heteroatoms. The summed E-state index contributed by atoms with van der Waals surface area (Å²) >= 11 is 0. The summed E-state index contributed by atoms with van der Waals surface area (Å²) < 4.78 is 52.5. The van der Waals surface area contributed by atoms with Gasteiger partial charge < -0.3 is 42.6 Å². The lowest BCUT2D eigenvalue weighted by atomic mass is 10.1. The highest BCUT2D eigenvalue weighted by Gasteiger charge is 2.22. The number of ether oxygens (including phenoxy) is 9. The Morgan fingerprint density at radius 3 is 0.835 bits per heavy atom. The highest BCUT2D eigenvalue weighted by atomic mass is 16.6. The van der Waals surface area contributed by atoms with Crippen LogP contribution in [0.5, 0.6) is 51.7 Å². The molecule has 7 aromatic carbocycles. The van der Waals surface area contributed by atoms with Crippen molar-refractivity contribution < 1.29 is 61.8 Å². The molecule has 484 valence electrons. The van der Waals surface area contributed by atoms with Gasteiger partial charge in [0.25, 0.3) is 0 Å². The Kier molecular flexibility index (Phi) is 30.4. The predicted octanol–water partition coefficient (Wildman–Crippen LogP) is 20.5. The fraction of sp³-hybridized carbons (Fsp3) is 0.410. The second-order valence-corrected chi connectivity index (χ2v) is 23.1. The first kappa shape index (κ1) is 69.9. The van der Waals surface area contributed by atoms with E-state index in [9.17, 15) is 19.2 Å². The van der Waals surface area contributed by atoms with Crippen molar-refractivity contribution in [3.63, 3.8) is 0 Å². The Morgan fingerprint density at radius 2 is 0.527 bits per heavy atom. The second-order valence-electron chi connectivity index (χ2n) is 23.1. The minimum absolute atomic E-state index is 0.0158. The van der Waals surface area contributed by atoms with Gasteiger partial charge in [0.1, 0.15) is 28.7 Å². The Labute approximate surface area is 540 Å². The molecule has 0 aliphatic carbocycles. The van der Waals surface area contributed by atoms with Crippen molar-refractivity contribution in [1.29, 1.82) is 0 Å². The number of unbranched alkanes of at least 4 members (excludes halogenated alkanes) is 21. The van der Waals surface area contributed by atoms with E-state index in [1.54, 1.807) is 24.3 Å². The van der Waals surface area contributed by atoms with Gasteiger partial charge in [-0.05, 0) is 145 Å². The lowest BCUT2D eigenvalue weighted by Crippen LogP contribution is -2.15. The molecule has 0 aliphatic rings. The van der Waals surface area contributed by atoms with Crippen molar-refractivity contribution in [2.75, 3.05) is 34.0 Å². The number of hydrogen-bond donors (Lipinski definition) is 0. The number of rotatable bonds is 42. The Bertz CT molecular complexity index is 3090. The number of hydrogen-bond acceptors (Lipinski definition) is 13. The van der Waals surface area contributed by atoms with Crippen molar-refractivity contribution in [2.24, 2.45) is 0 Å². The molecule has 0 bridgehead atoms. The molecular formula is C78H94O13. The first-order chi connectivity index (χ1) is 44.6. The number of esters is 4. The van der Waals surface area contributed by atoms with Crippen LogP contribution in [0.3, 0.4) is 0 Å². The van der Waals surface area contributed by atoms with E-state index in [1.165, 1.54) is 184 Å². The molecule has 91 heavy (non-hydrogen) atoms. The van der Waals surface area contributed by atoms with Gasteiger partial charge >= 0.3 is 23.9 Å². The minimum Gasteiger partial charge on any atom is -0.494 e. The van der Waals surface area contributed by atoms with Crippen molar-refractivity contribution in [2.45, 2.75) is 175 Å². The van der Waals surface area contributed by atoms with Crippen LogP contribution in [-0.2, 0) is 0 Å². The summed E-state index contributed by atoms with van der Waals surface area (Å²) in [6, 6.07) is 43.4. The highest BCUT2D eigenvalue weighted by Crippen LogP contribution is 2.34. The molecular weight excluding hydrogens is 1140 g/mol. The van der Waals surface area contributed by atoms with Crippen LogP contribution in [0.15, 0.2) is 152 Å². The molecule has 0 spiro atoms. The van der Waals surface area contributed by atoms with E-state index in [-0.39, 0.29) is 51.0 Å². The van der Waals surface area contributed by atoms with Crippen LogP contribution in [0, 0.1) is 0 Å². The van der Waals surface area contributed by atoms with Gasteiger partial charge in [0, 0.05) is 0 Å². The molecule has 7 aromatic rings. The molecule has 0 heterocycles. The number of carbonyl (C=O) groups is 4. The number of benzene rings is 7. The number of carbonyl (C=O) groups excluding carboxylic acids is 4. The summed E-state index contributed by atoms with van der Waals surface area (Å²) in [5.74, 6) is -0.142. The summed E-state index contributed by atoms with van der Waals surface area (Å²) in [5.41, 5.74) is 4.17. The van der Waals surface area contributed by atoms with Crippen LogP contribution in [-0.4, -0.2) is 57.9 Å². The van der Waals surface area contributed by atoms with Crippen LogP contribution >= 0.6 is 0 Å².